The number of aromatic nitrogens is 2. The van der Waals surface area contributed by atoms with Gasteiger partial charge in [-0.15, -0.1) is 5.10 Å². The molecule has 0 spiro atoms. The summed E-state index contributed by atoms with van der Waals surface area (Å²) >= 11 is 3.05. The zero-order chi connectivity index (χ0) is 8.65. The molecule has 0 aliphatic heterocycles. The first-order chi connectivity index (χ1) is 4.91. The molecule has 2 nitrogen and oxygen atoms in total. The van der Waals surface area contributed by atoms with Gasteiger partial charge in [0.25, 0.3) is 0 Å². The molecule has 0 atom stereocenters. The number of nitrogens with zero attached hydrogens (tertiary/aromatic N) is 2. The summed E-state index contributed by atoms with van der Waals surface area (Å²) in [7, 11) is 0. The third-order valence-corrected chi connectivity index (χ3v) is 1.85. The van der Waals surface area contributed by atoms with E-state index in [2.05, 4.69) is 21.0 Å². The van der Waals surface area contributed by atoms with E-state index >= 15 is 0 Å². The van der Waals surface area contributed by atoms with Crippen LogP contribution in [0.25, 0.3) is 0 Å². The Morgan fingerprint density at radius 2 is 2.09 bits per heavy atom. The Balaban J connectivity index is 3.08. The molecule has 0 aliphatic rings. The fraction of sp³-hybridized carbons (Fsp3) is 0.571. The van der Waals surface area contributed by atoms with Crippen molar-refractivity contribution < 1.29 is 4.39 Å². The highest BCUT2D eigenvalue weighted by Gasteiger charge is 2.16. The fourth-order valence-electron chi connectivity index (χ4n) is 0.675. The summed E-state index contributed by atoms with van der Waals surface area (Å²) in [6, 6.07) is 0. The molecule has 1 aromatic heterocycles. The van der Waals surface area contributed by atoms with E-state index in [9.17, 15) is 4.39 Å². The van der Waals surface area contributed by atoms with Crippen molar-refractivity contribution >= 4 is 15.9 Å². The average molecular weight is 221 g/mol. The predicted octanol–water partition coefficient (Wildman–Crippen LogP) is 2.54. The van der Waals surface area contributed by atoms with Gasteiger partial charge in [-0.1, -0.05) is 0 Å². The largest absolute Gasteiger partial charge is 0.263 e. The van der Waals surface area contributed by atoms with Crippen molar-refractivity contribution in [2.75, 3.05) is 0 Å². The maximum atomic E-state index is 12.7. The summed E-state index contributed by atoms with van der Waals surface area (Å²) in [4.78, 5) is 0. The van der Waals surface area contributed by atoms with Crippen molar-refractivity contribution in [2.45, 2.75) is 26.3 Å². The van der Waals surface area contributed by atoms with Gasteiger partial charge in [-0.05, 0) is 36.7 Å². The number of halogens is 2. The maximum Gasteiger partial charge on any atom is 0.246 e. The second-order valence-corrected chi connectivity index (χ2v) is 4.24. The molecule has 11 heavy (non-hydrogen) atoms. The third kappa shape index (κ3) is 1.80. The van der Waals surface area contributed by atoms with Crippen molar-refractivity contribution in [3.05, 3.63) is 16.6 Å². The van der Waals surface area contributed by atoms with Crippen LogP contribution in [0.4, 0.5) is 4.39 Å². The predicted molar refractivity (Wildman–Crippen MR) is 44.9 cm³/mol. The molecule has 4 heteroatoms. The molecule has 0 saturated carbocycles. The van der Waals surface area contributed by atoms with Crippen LogP contribution in [0.15, 0.2) is 10.7 Å². The van der Waals surface area contributed by atoms with E-state index in [-0.39, 0.29) is 5.54 Å². The van der Waals surface area contributed by atoms with Crippen LogP contribution in [-0.2, 0) is 5.54 Å². The Hall–Kier alpha value is -0.380. The van der Waals surface area contributed by atoms with E-state index in [1.54, 1.807) is 10.9 Å². The molecule has 1 aromatic rings. The highest BCUT2D eigenvalue weighted by molar-refractivity contribution is 9.10. The van der Waals surface area contributed by atoms with E-state index in [1.807, 2.05) is 20.8 Å². The van der Waals surface area contributed by atoms with Gasteiger partial charge >= 0.3 is 0 Å². The van der Waals surface area contributed by atoms with Gasteiger partial charge in [0, 0.05) is 6.20 Å². The van der Waals surface area contributed by atoms with Gasteiger partial charge in [-0.3, -0.25) is 4.68 Å². The first kappa shape index (κ1) is 8.71. The van der Waals surface area contributed by atoms with E-state index in [1.165, 1.54) is 0 Å². The highest BCUT2D eigenvalue weighted by Crippen LogP contribution is 2.18. The van der Waals surface area contributed by atoms with Crippen molar-refractivity contribution in [1.82, 2.24) is 9.78 Å². The minimum atomic E-state index is -0.458. The average Bonchev–Trinajstić information content (AvgIpc) is 2.11. The lowest BCUT2D eigenvalue weighted by atomic mass is 10.1. The van der Waals surface area contributed by atoms with Gasteiger partial charge in [-0.25, -0.2) is 0 Å². The van der Waals surface area contributed by atoms with Crippen molar-refractivity contribution in [3.8, 4) is 0 Å². The molecule has 0 bridgehead atoms. The Morgan fingerprint density at radius 1 is 1.55 bits per heavy atom. The van der Waals surface area contributed by atoms with E-state index < -0.39 is 5.95 Å². The van der Waals surface area contributed by atoms with E-state index in [0.29, 0.717) is 4.47 Å². The van der Waals surface area contributed by atoms with Crippen LogP contribution < -0.4 is 0 Å². The van der Waals surface area contributed by atoms with Crippen LogP contribution in [0.3, 0.4) is 0 Å². The Kier molecular flexibility index (Phi) is 2.05. The Bertz CT molecular complexity index is 242. The quantitative estimate of drug-likeness (QED) is 0.658. The zero-order valence-electron chi connectivity index (χ0n) is 6.73. The molecule has 0 fully saturated rings. The molecule has 0 radical (unpaired) electrons. The smallest absolute Gasteiger partial charge is 0.246 e. The number of rotatable bonds is 0. The molecule has 62 valence electrons. The number of hydrogen-bond acceptors (Lipinski definition) is 1. The summed E-state index contributed by atoms with van der Waals surface area (Å²) in [5.41, 5.74) is -0.160. The van der Waals surface area contributed by atoms with Crippen molar-refractivity contribution in [3.63, 3.8) is 0 Å². The summed E-state index contributed by atoms with van der Waals surface area (Å²) in [6.45, 7) is 5.89. The molecule has 0 unspecified atom stereocenters. The van der Waals surface area contributed by atoms with E-state index in [4.69, 9.17) is 0 Å². The minimum absolute atomic E-state index is 0.160. The van der Waals surface area contributed by atoms with Crippen molar-refractivity contribution in [1.29, 1.82) is 0 Å². The lowest BCUT2D eigenvalue weighted by Crippen LogP contribution is -2.22. The van der Waals surface area contributed by atoms with Crippen LogP contribution in [-0.4, -0.2) is 9.78 Å². The van der Waals surface area contributed by atoms with Gasteiger partial charge in [-0.2, -0.15) is 4.39 Å². The lowest BCUT2D eigenvalue weighted by Gasteiger charge is -2.18. The summed E-state index contributed by atoms with van der Waals surface area (Å²) in [5.74, 6) is -0.458. The van der Waals surface area contributed by atoms with Gasteiger partial charge in [0.2, 0.25) is 5.95 Å². The molecule has 0 aromatic carbocycles. The topological polar surface area (TPSA) is 17.8 Å². The summed E-state index contributed by atoms with van der Waals surface area (Å²) in [5, 5.41) is 3.68. The molecule has 0 saturated heterocycles. The second kappa shape index (κ2) is 2.59. The van der Waals surface area contributed by atoms with Crippen LogP contribution >= 0.6 is 15.9 Å². The molecular weight excluding hydrogens is 211 g/mol. The van der Waals surface area contributed by atoms with Gasteiger partial charge in [0.15, 0.2) is 0 Å². The zero-order valence-corrected chi connectivity index (χ0v) is 8.31. The first-order valence-corrected chi connectivity index (χ1v) is 4.12. The SMILES string of the molecule is CC(C)(C)n1cc(Br)c(F)n1. The molecule has 1 rings (SSSR count). The van der Waals surface area contributed by atoms with Crippen LogP contribution in [0.1, 0.15) is 20.8 Å². The third-order valence-electron chi connectivity index (χ3n) is 1.32. The first-order valence-electron chi connectivity index (χ1n) is 3.32. The van der Waals surface area contributed by atoms with Crippen molar-refractivity contribution in [2.24, 2.45) is 0 Å². The molecule has 1 heterocycles. The molecule has 0 aliphatic carbocycles. The standard InChI is InChI=1S/C7H10BrFN2/c1-7(2,3)11-4-5(8)6(9)10-11/h4H,1-3H3. The summed E-state index contributed by atoms with van der Waals surface area (Å²) < 4.78 is 14.7. The van der Waals surface area contributed by atoms with Crippen LogP contribution in [0.5, 0.6) is 0 Å². The second-order valence-electron chi connectivity index (χ2n) is 3.38. The summed E-state index contributed by atoms with van der Waals surface area (Å²) in [6.07, 6.45) is 1.63. The normalized spacial score (nSPS) is 12.1. The monoisotopic (exact) mass is 220 g/mol. The lowest BCUT2D eigenvalue weighted by molar-refractivity contribution is 0.342. The highest BCUT2D eigenvalue weighted by atomic mass is 79.9. The Labute approximate surface area is 73.5 Å². The van der Waals surface area contributed by atoms with Crippen LogP contribution in [0, 0.1) is 5.95 Å². The van der Waals surface area contributed by atoms with E-state index in [0.717, 1.165) is 0 Å². The minimum Gasteiger partial charge on any atom is -0.263 e. The Morgan fingerprint density at radius 3 is 2.27 bits per heavy atom. The molecule has 0 N–H and O–H groups in total. The maximum absolute atomic E-state index is 12.7. The molecular formula is C7H10BrFN2. The van der Waals surface area contributed by atoms with Crippen LogP contribution in [0.2, 0.25) is 0 Å². The fourth-order valence-corrected chi connectivity index (χ4v) is 0.949. The molecule has 0 amide bonds. The van der Waals surface area contributed by atoms with Gasteiger partial charge < -0.3 is 0 Å². The number of hydrogen-bond donors (Lipinski definition) is 0. The van der Waals surface area contributed by atoms with Gasteiger partial charge in [0.05, 0.1) is 10.0 Å². The van der Waals surface area contributed by atoms with Gasteiger partial charge in [0.1, 0.15) is 0 Å².